The Morgan fingerprint density at radius 2 is 2.18 bits per heavy atom. The first-order valence-corrected chi connectivity index (χ1v) is 5.94. The van der Waals surface area contributed by atoms with Crippen molar-refractivity contribution in [1.29, 1.82) is 0 Å². The third kappa shape index (κ3) is 1.85. The predicted molar refractivity (Wildman–Crippen MR) is 64.9 cm³/mol. The number of anilines is 2. The fourth-order valence-electron chi connectivity index (χ4n) is 2.52. The van der Waals surface area contributed by atoms with E-state index in [9.17, 15) is 0 Å². The van der Waals surface area contributed by atoms with Gasteiger partial charge < -0.3 is 20.1 Å². The number of nitrogen functional groups attached to an aromatic ring is 1. The molecule has 2 aliphatic heterocycles. The van der Waals surface area contributed by atoms with Crippen LogP contribution < -0.4 is 10.6 Å². The van der Waals surface area contributed by atoms with Crippen LogP contribution in [-0.4, -0.2) is 37.1 Å². The smallest absolute Gasteiger partial charge is 0.187 e. The van der Waals surface area contributed by atoms with E-state index in [-0.39, 0.29) is 0 Å². The molecule has 3 rings (SSSR count). The third-order valence-corrected chi connectivity index (χ3v) is 3.34. The molecule has 2 fully saturated rings. The summed E-state index contributed by atoms with van der Waals surface area (Å²) >= 11 is 0. The van der Waals surface area contributed by atoms with Gasteiger partial charge in [0.15, 0.2) is 11.6 Å². The molecule has 0 bridgehead atoms. The van der Waals surface area contributed by atoms with Crippen molar-refractivity contribution in [2.24, 2.45) is 0 Å². The molecule has 3 heterocycles. The molecule has 2 aliphatic rings. The van der Waals surface area contributed by atoms with Crippen molar-refractivity contribution in [3.63, 3.8) is 0 Å². The van der Waals surface area contributed by atoms with Crippen LogP contribution >= 0.6 is 0 Å². The Morgan fingerprint density at radius 3 is 2.88 bits per heavy atom. The first-order valence-electron chi connectivity index (χ1n) is 5.94. The second-order valence-corrected chi connectivity index (χ2v) is 4.70. The maximum atomic E-state index is 6.00. The molecule has 17 heavy (non-hydrogen) atoms. The van der Waals surface area contributed by atoms with Crippen LogP contribution in [0.25, 0.3) is 0 Å². The van der Waals surface area contributed by atoms with Crippen molar-refractivity contribution < 1.29 is 9.47 Å². The first kappa shape index (κ1) is 10.8. The van der Waals surface area contributed by atoms with E-state index < -0.39 is 5.79 Å². The third-order valence-electron chi connectivity index (χ3n) is 3.34. The van der Waals surface area contributed by atoms with Gasteiger partial charge in [-0.25, -0.2) is 4.98 Å². The number of aryl methyl sites for hydroxylation is 1. The molecule has 0 aliphatic carbocycles. The van der Waals surface area contributed by atoms with Gasteiger partial charge in [0.25, 0.3) is 0 Å². The quantitative estimate of drug-likeness (QED) is 0.784. The number of nitrogens with zero attached hydrogens (tertiary/aromatic N) is 2. The van der Waals surface area contributed by atoms with Crippen LogP contribution in [0.2, 0.25) is 0 Å². The van der Waals surface area contributed by atoms with Crippen LogP contribution in [0.1, 0.15) is 12.0 Å². The minimum absolute atomic E-state index is 0.418. The standard InChI is InChI=1S/C12H17N3O2/c1-9-6-10(13)11(14-7-9)15-3-2-12(8-15)16-4-5-17-12/h6-7H,2-5,8,13H2,1H3. The highest BCUT2D eigenvalue weighted by atomic mass is 16.7. The molecule has 92 valence electrons. The average molecular weight is 235 g/mol. The fourth-order valence-corrected chi connectivity index (χ4v) is 2.52. The SMILES string of the molecule is Cc1cnc(N2CCC3(C2)OCCO3)c(N)c1. The van der Waals surface area contributed by atoms with Crippen molar-refractivity contribution in [2.45, 2.75) is 19.1 Å². The molecular weight excluding hydrogens is 218 g/mol. The summed E-state index contributed by atoms with van der Waals surface area (Å²) in [4.78, 5) is 6.54. The molecule has 5 heteroatoms. The van der Waals surface area contributed by atoms with Gasteiger partial charge in [0.1, 0.15) is 0 Å². The number of aromatic nitrogens is 1. The summed E-state index contributed by atoms with van der Waals surface area (Å²) in [7, 11) is 0. The Bertz CT molecular complexity index is 430. The summed E-state index contributed by atoms with van der Waals surface area (Å²) in [6.45, 7) is 4.95. The molecule has 2 saturated heterocycles. The normalized spacial score (nSPS) is 22.5. The summed E-state index contributed by atoms with van der Waals surface area (Å²) in [5.41, 5.74) is 7.80. The highest BCUT2D eigenvalue weighted by molar-refractivity contribution is 5.63. The van der Waals surface area contributed by atoms with Crippen molar-refractivity contribution in [3.8, 4) is 0 Å². The van der Waals surface area contributed by atoms with E-state index in [4.69, 9.17) is 15.2 Å². The van der Waals surface area contributed by atoms with Gasteiger partial charge in [-0.05, 0) is 18.6 Å². The maximum Gasteiger partial charge on any atom is 0.187 e. The van der Waals surface area contributed by atoms with Crippen LogP contribution in [0, 0.1) is 6.92 Å². The number of hydrogen-bond donors (Lipinski definition) is 1. The van der Waals surface area contributed by atoms with E-state index in [0.29, 0.717) is 19.8 Å². The van der Waals surface area contributed by atoms with Gasteiger partial charge in [0, 0.05) is 19.2 Å². The van der Waals surface area contributed by atoms with E-state index >= 15 is 0 Å². The van der Waals surface area contributed by atoms with Gasteiger partial charge in [-0.3, -0.25) is 0 Å². The lowest BCUT2D eigenvalue weighted by Gasteiger charge is -2.23. The summed E-state index contributed by atoms with van der Waals surface area (Å²) < 4.78 is 11.4. The fraction of sp³-hybridized carbons (Fsp3) is 0.583. The van der Waals surface area contributed by atoms with Gasteiger partial charge in [-0.2, -0.15) is 0 Å². The van der Waals surface area contributed by atoms with E-state index in [1.165, 1.54) is 0 Å². The second kappa shape index (κ2) is 3.85. The van der Waals surface area contributed by atoms with Crippen LogP contribution in [0.15, 0.2) is 12.3 Å². The molecule has 1 aromatic heterocycles. The molecule has 2 N–H and O–H groups in total. The molecule has 0 aromatic carbocycles. The predicted octanol–water partition coefficient (Wildman–Crippen LogP) is 0.925. The van der Waals surface area contributed by atoms with Crippen molar-refractivity contribution in [1.82, 2.24) is 4.98 Å². The summed E-state index contributed by atoms with van der Waals surface area (Å²) in [5.74, 6) is 0.422. The molecule has 0 radical (unpaired) electrons. The van der Waals surface area contributed by atoms with Crippen molar-refractivity contribution in [2.75, 3.05) is 36.9 Å². The summed E-state index contributed by atoms with van der Waals surface area (Å²) in [6, 6.07) is 1.95. The first-order chi connectivity index (χ1) is 8.19. The topological polar surface area (TPSA) is 60.6 Å². The van der Waals surface area contributed by atoms with E-state index in [1.807, 2.05) is 19.2 Å². The molecule has 1 aromatic rings. The zero-order valence-electron chi connectivity index (χ0n) is 9.98. The van der Waals surface area contributed by atoms with Gasteiger partial charge in [-0.15, -0.1) is 0 Å². The molecule has 0 atom stereocenters. The minimum atomic E-state index is -0.418. The van der Waals surface area contributed by atoms with Gasteiger partial charge in [0.2, 0.25) is 0 Å². The van der Waals surface area contributed by atoms with Crippen LogP contribution in [0.4, 0.5) is 11.5 Å². The second-order valence-electron chi connectivity index (χ2n) is 4.70. The summed E-state index contributed by atoms with van der Waals surface area (Å²) in [6.07, 6.45) is 2.72. The Labute approximate surface area is 101 Å². The Hall–Kier alpha value is -1.33. The largest absolute Gasteiger partial charge is 0.396 e. The van der Waals surface area contributed by atoms with Gasteiger partial charge >= 0.3 is 0 Å². The molecule has 5 nitrogen and oxygen atoms in total. The molecule has 0 saturated carbocycles. The highest BCUT2D eigenvalue weighted by Crippen LogP contribution is 2.34. The molecule has 0 amide bonds. The Balaban J connectivity index is 1.82. The number of pyridine rings is 1. The van der Waals surface area contributed by atoms with E-state index in [1.54, 1.807) is 0 Å². The average Bonchev–Trinajstić information content (AvgIpc) is 2.90. The van der Waals surface area contributed by atoms with Crippen molar-refractivity contribution in [3.05, 3.63) is 17.8 Å². The zero-order valence-corrected chi connectivity index (χ0v) is 9.98. The van der Waals surface area contributed by atoms with Crippen LogP contribution in [-0.2, 0) is 9.47 Å². The minimum Gasteiger partial charge on any atom is -0.396 e. The monoisotopic (exact) mass is 235 g/mol. The van der Waals surface area contributed by atoms with E-state index in [2.05, 4.69) is 9.88 Å². The number of nitrogens with two attached hydrogens (primary N) is 1. The van der Waals surface area contributed by atoms with Gasteiger partial charge in [0.05, 0.1) is 25.4 Å². The highest BCUT2D eigenvalue weighted by Gasteiger charge is 2.44. The lowest BCUT2D eigenvalue weighted by Crippen LogP contribution is -2.34. The maximum absolute atomic E-state index is 6.00. The van der Waals surface area contributed by atoms with Gasteiger partial charge in [-0.1, -0.05) is 0 Å². The lowest BCUT2D eigenvalue weighted by atomic mass is 10.2. The van der Waals surface area contributed by atoms with Crippen LogP contribution in [0.3, 0.4) is 0 Å². The molecular formula is C12H17N3O2. The number of rotatable bonds is 1. The Kier molecular flexibility index (Phi) is 2.45. The molecule has 0 unspecified atom stereocenters. The number of hydrogen-bond acceptors (Lipinski definition) is 5. The zero-order chi connectivity index (χ0) is 11.9. The Morgan fingerprint density at radius 1 is 1.41 bits per heavy atom. The number of ether oxygens (including phenoxy) is 2. The van der Waals surface area contributed by atoms with Crippen molar-refractivity contribution >= 4 is 11.5 Å². The lowest BCUT2D eigenvalue weighted by molar-refractivity contribution is -0.137. The van der Waals surface area contributed by atoms with Crippen LogP contribution in [0.5, 0.6) is 0 Å². The summed E-state index contributed by atoms with van der Waals surface area (Å²) in [5, 5.41) is 0. The molecule has 1 spiro atoms. The van der Waals surface area contributed by atoms with E-state index in [0.717, 1.165) is 30.0 Å².